The lowest BCUT2D eigenvalue weighted by molar-refractivity contribution is 0.468. The van der Waals surface area contributed by atoms with Gasteiger partial charge >= 0.3 is 0 Å². The Kier molecular flexibility index (Phi) is 5.56. The van der Waals surface area contributed by atoms with Crippen molar-refractivity contribution in [2.24, 2.45) is 7.05 Å². The van der Waals surface area contributed by atoms with E-state index in [0.717, 1.165) is 36.5 Å². The van der Waals surface area contributed by atoms with Crippen LogP contribution in [0.15, 0.2) is 30.7 Å². The summed E-state index contributed by atoms with van der Waals surface area (Å²) in [4.78, 5) is 4.16. The van der Waals surface area contributed by atoms with E-state index in [1.807, 2.05) is 24.0 Å². The highest BCUT2D eigenvalue weighted by molar-refractivity contribution is 6.31. The monoisotopic (exact) mass is 292 g/mol. The molecule has 0 aliphatic carbocycles. The maximum atomic E-state index is 6.26. The minimum Gasteiger partial charge on any atom is -0.309 e. The molecule has 0 spiro atoms. The Bertz CT molecular complexity index is 504. The third-order valence-electron chi connectivity index (χ3n) is 3.35. The van der Waals surface area contributed by atoms with Crippen LogP contribution in [0, 0.1) is 0 Å². The Balaban J connectivity index is 2.08. The maximum Gasteiger partial charge on any atom is 0.0834 e. The van der Waals surface area contributed by atoms with E-state index in [-0.39, 0.29) is 6.04 Å². The Hall–Kier alpha value is -1.39. The van der Waals surface area contributed by atoms with E-state index < -0.39 is 0 Å². The minimum absolute atomic E-state index is 0.218. The molecule has 2 aromatic rings. The van der Waals surface area contributed by atoms with Gasteiger partial charge in [0.15, 0.2) is 0 Å². The van der Waals surface area contributed by atoms with Crippen molar-refractivity contribution in [2.75, 3.05) is 6.54 Å². The van der Waals surface area contributed by atoms with Gasteiger partial charge in [0, 0.05) is 19.4 Å². The van der Waals surface area contributed by atoms with E-state index in [1.54, 1.807) is 12.4 Å². The fourth-order valence-electron chi connectivity index (χ4n) is 2.32. The van der Waals surface area contributed by atoms with E-state index in [1.165, 1.54) is 5.56 Å². The fraction of sp³-hybridized carbons (Fsp3) is 0.467. The standard InChI is InChI=1S/C15H21ClN4/c1-3-8-18-14(15-13(16)11-19-20(15)2)7-6-12-5-4-9-17-10-12/h4-5,9-11,14,18H,3,6-8H2,1-2H3. The second-order valence-electron chi connectivity index (χ2n) is 4.91. The summed E-state index contributed by atoms with van der Waals surface area (Å²) in [5.41, 5.74) is 2.30. The smallest absolute Gasteiger partial charge is 0.0834 e. The summed E-state index contributed by atoms with van der Waals surface area (Å²) in [5, 5.41) is 8.52. The topological polar surface area (TPSA) is 42.7 Å². The Morgan fingerprint density at radius 1 is 1.40 bits per heavy atom. The first-order valence-corrected chi connectivity index (χ1v) is 7.39. The first-order valence-electron chi connectivity index (χ1n) is 7.02. The lowest BCUT2D eigenvalue weighted by Crippen LogP contribution is -2.25. The molecule has 0 amide bonds. The lowest BCUT2D eigenvalue weighted by Gasteiger charge is -2.19. The van der Waals surface area contributed by atoms with Crippen molar-refractivity contribution in [3.8, 4) is 0 Å². The molecule has 0 aliphatic heterocycles. The molecule has 1 atom stereocenters. The number of rotatable bonds is 7. The minimum atomic E-state index is 0.218. The molecule has 4 nitrogen and oxygen atoms in total. The maximum absolute atomic E-state index is 6.26. The van der Waals surface area contributed by atoms with Gasteiger partial charge in [-0.2, -0.15) is 5.10 Å². The van der Waals surface area contributed by atoms with Crippen LogP contribution in [0.1, 0.15) is 37.1 Å². The van der Waals surface area contributed by atoms with Gasteiger partial charge in [-0.15, -0.1) is 0 Å². The predicted molar refractivity (Wildman–Crippen MR) is 81.8 cm³/mol. The van der Waals surface area contributed by atoms with Gasteiger partial charge in [-0.25, -0.2) is 0 Å². The van der Waals surface area contributed by atoms with Gasteiger partial charge in [0.1, 0.15) is 0 Å². The highest BCUT2D eigenvalue weighted by Gasteiger charge is 2.18. The zero-order valence-corrected chi connectivity index (χ0v) is 12.8. The molecule has 2 aromatic heterocycles. The molecule has 5 heteroatoms. The third kappa shape index (κ3) is 3.81. The SMILES string of the molecule is CCCNC(CCc1cccnc1)c1c(Cl)cnn1C. The average molecular weight is 293 g/mol. The number of nitrogens with zero attached hydrogens (tertiary/aromatic N) is 3. The van der Waals surface area contributed by atoms with E-state index >= 15 is 0 Å². The van der Waals surface area contributed by atoms with Crippen LogP contribution in [0.4, 0.5) is 0 Å². The second-order valence-corrected chi connectivity index (χ2v) is 5.32. The van der Waals surface area contributed by atoms with Gasteiger partial charge in [-0.05, 0) is 37.4 Å². The molecule has 0 bridgehead atoms. The number of nitrogens with one attached hydrogen (secondary N) is 1. The van der Waals surface area contributed by atoms with Crippen LogP contribution in [0.5, 0.6) is 0 Å². The van der Waals surface area contributed by atoms with Gasteiger partial charge in [0.05, 0.1) is 23.0 Å². The summed E-state index contributed by atoms with van der Waals surface area (Å²) in [6.07, 6.45) is 8.47. The molecule has 2 rings (SSSR count). The zero-order valence-electron chi connectivity index (χ0n) is 12.0. The molecular weight excluding hydrogens is 272 g/mol. The molecule has 0 aromatic carbocycles. The second kappa shape index (κ2) is 7.41. The van der Waals surface area contributed by atoms with Crippen molar-refractivity contribution in [1.29, 1.82) is 0 Å². The molecule has 1 N–H and O–H groups in total. The summed E-state index contributed by atoms with van der Waals surface area (Å²) >= 11 is 6.26. The van der Waals surface area contributed by atoms with Crippen molar-refractivity contribution in [3.63, 3.8) is 0 Å². The predicted octanol–water partition coefficient (Wildman–Crippen LogP) is 3.14. The Morgan fingerprint density at radius 2 is 2.25 bits per heavy atom. The Labute approximate surface area is 125 Å². The van der Waals surface area contributed by atoms with Crippen LogP contribution >= 0.6 is 11.6 Å². The van der Waals surface area contributed by atoms with E-state index in [0.29, 0.717) is 0 Å². The third-order valence-corrected chi connectivity index (χ3v) is 3.64. The van der Waals surface area contributed by atoms with Crippen LogP contribution in [0.25, 0.3) is 0 Å². The van der Waals surface area contributed by atoms with Crippen LogP contribution in [0.2, 0.25) is 5.02 Å². The largest absolute Gasteiger partial charge is 0.309 e. The number of hydrogen-bond donors (Lipinski definition) is 1. The quantitative estimate of drug-likeness (QED) is 0.852. The molecule has 1 unspecified atom stereocenters. The highest BCUT2D eigenvalue weighted by Crippen LogP contribution is 2.25. The van der Waals surface area contributed by atoms with E-state index in [2.05, 4.69) is 28.4 Å². The number of halogens is 1. The number of aromatic nitrogens is 3. The first kappa shape index (κ1) is 15.0. The van der Waals surface area contributed by atoms with Crippen LogP contribution in [-0.4, -0.2) is 21.3 Å². The van der Waals surface area contributed by atoms with Gasteiger partial charge in [0.25, 0.3) is 0 Å². The molecule has 108 valence electrons. The summed E-state index contributed by atoms with van der Waals surface area (Å²) in [5.74, 6) is 0. The number of pyridine rings is 1. The van der Waals surface area contributed by atoms with Gasteiger partial charge in [-0.3, -0.25) is 9.67 Å². The highest BCUT2D eigenvalue weighted by atomic mass is 35.5. The molecular formula is C15H21ClN4. The van der Waals surface area contributed by atoms with Crippen molar-refractivity contribution in [3.05, 3.63) is 47.0 Å². The van der Waals surface area contributed by atoms with Crippen LogP contribution in [0.3, 0.4) is 0 Å². The lowest BCUT2D eigenvalue weighted by atomic mass is 10.0. The summed E-state index contributed by atoms with van der Waals surface area (Å²) in [7, 11) is 1.94. The van der Waals surface area contributed by atoms with Crippen molar-refractivity contribution >= 4 is 11.6 Å². The Morgan fingerprint density at radius 3 is 2.85 bits per heavy atom. The molecule has 2 heterocycles. The van der Waals surface area contributed by atoms with Gasteiger partial charge in [-0.1, -0.05) is 24.6 Å². The molecule has 0 fully saturated rings. The molecule has 20 heavy (non-hydrogen) atoms. The van der Waals surface area contributed by atoms with E-state index in [4.69, 9.17) is 11.6 Å². The van der Waals surface area contributed by atoms with Gasteiger partial charge in [0.2, 0.25) is 0 Å². The fourth-order valence-corrected chi connectivity index (χ4v) is 2.62. The molecule has 0 aliphatic rings. The molecule has 0 saturated carbocycles. The van der Waals surface area contributed by atoms with Crippen LogP contribution in [-0.2, 0) is 13.5 Å². The van der Waals surface area contributed by atoms with Crippen molar-refractivity contribution in [1.82, 2.24) is 20.1 Å². The van der Waals surface area contributed by atoms with Crippen molar-refractivity contribution in [2.45, 2.75) is 32.2 Å². The zero-order chi connectivity index (χ0) is 14.4. The molecule has 0 saturated heterocycles. The number of aryl methyl sites for hydroxylation is 2. The summed E-state index contributed by atoms with van der Waals surface area (Å²) < 4.78 is 1.86. The van der Waals surface area contributed by atoms with Crippen LogP contribution < -0.4 is 5.32 Å². The summed E-state index contributed by atoms with van der Waals surface area (Å²) in [6.45, 7) is 3.13. The summed E-state index contributed by atoms with van der Waals surface area (Å²) in [6, 6.07) is 4.30. The normalized spacial score (nSPS) is 12.6. The number of hydrogen-bond acceptors (Lipinski definition) is 3. The average Bonchev–Trinajstić information content (AvgIpc) is 2.80. The first-order chi connectivity index (χ1) is 9.72. The van der Waals surface area contributed by atoms with Crippen molar-refractivity contribution < 1.29 is 0 Å². The van der Waals surface area contributed by atoms with Gasteiger partial charge < -0.3 is 5.32 Å². The molecule has 0 radical (unpaired) electrons. The van der Waals surface area contributed by atoms with E-state index in [9.17, 15) is 0 Å².